The Morgan fingerprint density at radius 2 is 1.96 bits per heavy atom. The normalized spacial score (nSPS) is 17.6. The lowest BCUT2D eigenvalue weighted by Gasteiger charge is -2.22. The first-order valence-corrected chi connectivity index (χ1v) is 8.36. The summed E-state index contributed by atoms with van der Waals surface area (Å²) in [6.07, 6.45) is -4.48. The van der Waals surface area contributed by atoms with Crippen LogP contribution in [-0.2, 0) is 11.0 Å². The smallest absolute Gasteiger partial charge is 0.342 e. The summed E-state index contributed by atoms with van der Waals surface area (Å²) < 4.78 is 52.8. The molecule has 28 heavy (non-hydrogen) atoms. The maximum Gasteiger partial charge on any atom is 0.419 e. The molecule has 2 aromatic rings. The van der Waals surface area contributed by atoms with Crippen LogP contribution in [0.3, 0.4) is 0 Å². The number of aromatic nitrogens is 1. The standard InChI is InChI=1S/C17H13ClF4N4O2/c18-9-3-1-8(2-4-9)14(26-15(27)13-7-24-16(28)25-13)12-5-10(17(20,21)22)11(19)6-23-12/h1-6,13-14H,7H2,(H,26,27)(H2,24,25,28)/t13?,14-/m0/s1. The zero-order valence-corrected chi connectivity index (χ0v) is 14.7. The highest BCUT2D eigenvalue weighted by Crippen LogP contribution is 2.33. The molecule has 2 atom stereocenters. The highest BCUT2D eigenvalue weighted by Gasteiger charge is 2.36. The van der Waals surface area contributed by atoms with Gasteiger partial charge in [0.2, 0.25) is 5.91 Å². The maximum atomic E-state index is 13.6. The molecule has 3 amide bonds. The fraction of sp³-hybridized carbons (Fsp3) is 0.235. The highest BCUT2D eigenvalue weighted by molar-refractivity contribution is 6.30. The fourth-order valence-corrected chi connectivity index (χ4v) is 2.80. The third kappa shape index (κ3) is 4.33. The number of rotatable bonds is 4. The first-order valence-electron chi connectivity index (χ1n) is 7.98. The molecular weight excluding hydrogens is 404 g/mol. The number of carbonyl (C=O) groups is 2. The van der Waals surface area contributed by atoms with Gasteiger partial charge in [-0.25, -0.2) is 9.18 Å². The minimum atomic E-state index is -4.93. The van der Waals surface area contributed by atoms with E-state index < -0.39 is 41.6 Å². The van der Waals surface area contributed by atoms with Gasteiger partial charge in [-0.05, 0) is 23.8 Å². The summed E-state index contributed by atoms with van der Waals surface area (Å²) in [7, 11) is 0. The van der Waals surface area contributed by atoms with E-state index in [0.717, 1.165) is 0 Å². The predicted molar refractivity (Wildman–Crippen MR) is 91.0 cm³/mol. The van der Waals surface area contributed by atoms with E-state index in [-0.39, 0.29) is 12.2 Å². The molecule has 3 N–H and O–H groups in total. The lowest BCUT2D eigenvalue weighted by atomic mass is 10.0. The number of hydrogen-bond donors (Lipinski definition) is 3. The number of nitrogens with one attached hydrogen (secondary N) is 3. The van der Waals surface area contributed by atoms with Crippen molar-refractivity contribution >= 4 is 23.5 Å². The number of halogens is 5. The third-order valence-electron chi connectivity index (χ3n) is 4.06. The minimum Gasteiger partial charge on any atom is -0.342 e. The SMILES string of the molecule is O=C1NCC(C(=O)N[C@@H](c2ccc(Cl)cc2)c2cc(C(F)(F)F)c(F)cn2)N1. The van der Waals surface area contributed by atoms with E-state index in [2.05, 4.69) is 20.9 Å². The van der Waals surface area contributed by atoms with Crippen LogP contribution in [0.25, 0.3) is 0 Å². The molecule has 1 aromatic carbocycles. The molecule has 148 valence electrons. The van der Waals surface area contributed by atoms with Crippen LogP contribution in [0.2, 0.25) is 5.02 Å². The average Bonchev–Trinajstić information content (AvgIpc) is 3.07. The lowest BCUT2D eigenvalue weighted by Crippen LogP contribution is -2.44. The van der Waals surface area contributed by atoms with E-state index in [4.69, 9.17) is 11.6 Å². The molecule has 1 fully saturated rings. The molecule has 0 radical (unpaired) electrons. The molecule has 0 spiro atoms. The van der Waals surface area contributed by atoms with Crippen molar-refractivity contribution in [1.29, 1.82) is 0 Å². The molecule has 0 aliphatic carbocycles. The average molecular weight is 417 g/mol. The van der Waals surface area contributed by atoms with Crippen LogP contribution in [-0.4, -0.2) is 29.5 Å². The van der Waals surface area contributed by atoms with E-state index in [1.165, 1.54) is 24.3 Å². The van der Waals surface area contributed by atoms with Gasteiger partial charge in [0.15, 0.2) is 5.82 Å². The Labute approximate surface area is 161 Å². The largest absolute Gasteiger partial charge is 0.419 e. The molecule has 0 bridgehead atoms. The molecule has 1 aliphatic rings. The molecule has 1 aromatic heterocycles. The summed E-state index contributed by atoms with van der Waals surface area (Å²) in [5.74, 6) is -2.16. The first kappa shape index (κ1) is 19.9. The van der Waals surface area contributed by atoms with Crippen molar-refractivity contribution in [3.8, 4) is 0 Å². The minimum absolute atomic E-state index is 0.0165. The van der Waals surface area contributed by atoms with Gasteiger partial charge in [0.05, 0.1) is 23.5 Å². The summed E-state index contributed by atoms with van der Waals surface area (Å²) >= 11 is 5.84. The number of nitrogens with zero attached hydrogens (tertiary/aromatic N) is 1. The quantitative estimate of drug-likeness (QED) is 0.670. The van der Waals surface area contributed by atoms with E-state index >= 15 is 0 Å². The summed E-state index contributed by atoms with van der Waals surface area (Å²) in [5.41, 5.74) is -1.34. The molecule has 6 nitrogen and oxygen atoms in total. The van der Waals surface area contributed by atoms with Crippen molar-refractivity contribution in [3.05, 3.63) is 64.2 Å². The predicted octanol–water partition coefficient (Wildman–Crippen LogP) is 2.78. The lowest BCUT2D eigenvalue weighted by molar-refractivity contribution is -0.140. The third-order valence-corrected chi connectivity index (χ3v) is 4.31. The fourth-order valence-electron chi connectivity index (χ4n) is 2.67. The number of amides is 3. The van der Waals surface area contributed by atoms with Crippen molar-refractivity contribution in [3.63, 3.8) is 0 Å². The van der Waals surface area contributed by atoms with Crippen LogP contribution in [0.5, 0.6) is 0 Å². The topological polar surface area (TPSA) is 83.1 Å². The monoisotopic (exact) mass is 416 g/mol. The Kier molecular flexibility index (Phi) is 5.41. The second-order valence-electron chi connectivity index (χ2n) is 5.99. The zero-order valence-electron chi connectivity index (χ0n) is 14.0. The molecule has 1 saturated heterocycles. The Hall–Kier alpha value is -2.88. The van der Waals surface area contributed by atoms with Crippen LogP contribution in [0, 0.1) is 5.82 Å². The molecule has 2 heterocycles. The van der Waals surface area contributed by atoms with Gasteiger partial charge >= 0.3 is 12.2 Å². The summed E-state index contributed by atoms with van der Waals surface area (Å²) in [6, 6.07) is 3.94. The molecular formula is C17H13ClF4N4O2. The van der Waals surface area contributed by atoms with Crippen molar-refractivity contribution in [2.24, 2.45) is 0 Å². The summed E-state index contributed by atoms with van der Waals surface area (Å²) in [4.78, 5) is 27.4. The van der Waals surface area contributed by atoms with Gasteiger partial charge in [0.25, 0.3) is 0 Å². The maximum absolute atomic E-state index is 13.6. The zero-order chi connectivity index (χ0) is 20.5. The number of benzene rings is 1. The van der Waals surface area contributed by atoms with Crippen LogP contribution in [0.15, 0.2) is 36.5 Å². The Balaban J connectivity index is 1.98. The molecule has 3 rings (SSSR count). The number of urea groups is 1. The van der Waals surface area contributed by atoms with Crippen molar-refractivity contribution in [2.75, 3.05) is 6.54 Å². The van der Waals surface area contributed by atoms with Crippen LogP contribution in [0.4, 0.5) is 22.4 Å². The highest BCUT2D eigenvalue weighted by atomic mass is 35.5. The van der Waals surface area contributed by atoms with Gasteiger partial charge in [-0.2, -0.15) is 13.2 Å². The van der Waals surface area contributed by atoms with E-state index in [0.29, 0.717) is 22.8 Å². The summed E-state index contributed by atoms with van der Waals surface area (Å²) in [6.45, 7) is 0.0165. The van der Waals surface area contributed by atoms with Gasteiger partial charge < -0.3 is 16.0 Å². The summed E-state index contributed by atoms with van der Waals surface area (Å²) in [5, 5.41) is 7.70. The van der Waals surface area contributed by atoms with Crippen LogP contribution < -0.4 is 16.0 Å². The number of hydrogen-bond acceptors (Lipinski definition) is 3. The number of pyridine rings is 1. The number of carbonyl (C=O) groups excluding carboxylic acids is 2. The van der Waals surface area contributed by atoms with E-state index in [1.807, 2.05) is 0 Å². The molecule has 0 saturated carbocycles. The van der Waals surface area contributed by atoms with Gasteiger partial charge in [-0.15, -0.1) is 0 Å². The second-order valence-corrected chi connectivity index (χ2v) is 6.42. The molecule has 1 unspecified atom stereocenters. The van der Waals surface area contributed by atoms with Crippen molar-refractivity contribution in [2.45, 2.75) is 18.3 Å². The molecule has 1 aliphatic heterocycles. The van der Waals surface area contributed by atoms with E-state index in [1.54, 1.807) is 0 Å². The van der Waals surface area contributed by atoms with E-state index in [9.17, 15) is 27.2 Å². The molecule has 11 heteroatoms. The van der Waals surface area contributed by atoms with Crippen LogP contribution in [0.1, 0.15) is 22.9 Å². The van der Waals surface area contributed by atoms with Gasteiger partial charge in [0, 0.05) is 11.6 Å². The first-order chi connectivity index (χ1) is 13.1. The van der Waals surface area contributed by atoms with Crippen molar-refractivity contribution in [1.82, 2.24) is 20.9 Å². The Bertz CT molecular complexity index is 905. The van der Waals surface area contributed by atoms with Crippen molar-refractivity contribution < 1.29 is 27.2 Å². The van der Waals surface area contributed by atoms with Gasteiger partial charge in [-0.1, -0.05) is 23.7 Å². The Morgan fingerprint density at radius 1 is 1.29 bits per heavy atom. The van der Waals surface area contributed by atoms with Crippen LogP contribution >= 0.6 is 11.6 Å². The Morgan fingerprint density at radius 3 is 2.54 bits per heavy atom. The number of alkyl halides is 3. The van der Waals surface area contributed by atoms with Gasteiger partial charge in [0.1, 0.15) is 6.04 Å². The van der Waals surface area contributed by atoms with Gasteiger partial charge in [-0.3, -0.25) is 9.78 Å². The second kappa shape index (κ2) is 7.63.